The number of rotatable bonds is 6. The lowest BCUT2D eigenvalue weighted by atomic mass is 9.96. The van der Waals surface area contributed by atoms with E-state index >= 15 is 0 Å². The number of aromatic nitrogens is 3. The van der Waals surface area contributed by atoms with Gasteiger partial charge in [0.15, 0.2) is 17.5 Å². The molecule has 232 valence electrons. The van der Waals surface area contributed by atoms with E-state index in [2.05, 4.69) is 115 Å². The summed E-state index contributed by atoms with van der Waals surface area (Å²) in [4.78, 5) is 14.8. The molecule has 0 amide bonds. The minimum absolute atomic E-state index is 0.641. The second-order valence-corrected chi connectivity index (χ2v) is 12.3. The van der Waals surface area contributed by atoms with Gasteiger partial charge < -0.3 is 4.42 Å². The van der Waals surface area contributed by atoms with Crippen LogP contribution in [0.25, 0.3) is 83.7 Å². The van der Waals surface area contributed by atoms with E-state index in [0.29, 0.717) is 17.5 Å². The fraction of sp³-hybridized carbons (Fsp3) is 0.0444. The highest BCUT2D eigenvalue weighted by Crippen LogP contribution is 2.38. The van der Waals surface area contributed by atoms with Gasteiger partial charge in [-0.2, -0.15) is 0 Å². The van der Waals surface area contributed by atoms with Crippen molar-refractivity contribution in [3.63, 3.8) is 0 Å². The Balaban J connectivity index is 1.11. The van der Waals surface area contributed by atoms with Gasteiger partial charge in [-0.25, -0.2) is 15.0 Å². The Bertz CT molecular complexity index is 2530. The van der Waals surface area contributed by atoms with Gasteiger partial charge in [-0.15, -0.1) is 0 Å². The first-order valence-corrected chi connectivity index (χ1v) is 16.7. The average Bonchev–Trinajstić information content (AvgIpc) is 3.57. The number of hydrogen-bond donors (Lipinski definition) is 0. The van der Waals surface area contributed by atoms with Crippen LogP contribution in [-0.4, -0.2) is 15.0 Å². The number of furan rings is 1. The lowest BCUT2D eigenvalue weighted by Gasteiger charge is -2.10. The zero-order valence-corrected chi connectivity index (χ0v) is 26.8. The van der Waals surface area contributed by atoms with E-state index in [1.807, 2.05) is 48.5 Å². The quantitative estimate of drug-likeness (QED) is 0.184. The molecule has 2 heterocycles. The molecule has 0 bridgehead atoms. The summed E-state index contributed by atoms with van der Waals surface area (Å²) in [5.74, 6) is 1.99. The molecular weight excluding hydrogens is 599 g/mol. The second-order valence-electron chi connectivity index (χ2n) is 12.3. The fourth-order valence-corrected chi connectivity index (χ4v) is 6.65. The van der Waals surface area contributed by atoms with Crippen LogP contribution in [0.2, 0.25) is 0 Å². The summed E-state index contributed by atoms with van der Waals surface area (Å²) in [5, 5.41) is 2.09. The summed E-state index contributed by atoms with van der Waals surface area (Å²) >= 11 is 0. The maximum absolute atomic E-state index is 6.58. The van der Waals surface area contributed by atoms with Crippen LogP contribution in [0.4, 0.5) is 0 Å². The smallest absolute Gasteiger partial charge is 0.164 e. The van der Waals surface area contributed by atoms with Crippen molar-refractivity contribution in [1.82, 2.24) is 15.0 Å². The van der Waals surface area contributed by atoms with Crippen LogP contribution >= 0.6 is 0 Å². The first kappa shape index (κ1) is 28.8. The predicted molar refractivity (Wildman–Crippen MR) is 201 cm³/mol. The normalized spacial score (nSPS) is 12.8. The van der Waals surface area contributed by atoms with Crippen LogP contribution in [0.5, 0.6) is 0 Å². The summed E-state index contributed by atoms with van der Waals surface area (Å²) < 4.78 is 6.58. The molecule has 0 atom stereocenters. The van der Waals surface area contributed by atoms with Crippen molar-refractivity contribution < 1.29 is 4.42 Å². The molecule has 4 heteroatoms. The molecule has 0 saturated heterocycles. The third kappa shape index (κ3) is 5.53. The molecule has 0 spiro atoms. The Morgan fingerprint density at radius 2 is 1.04 bits per heavy atom. The van der Waals surface area contributed by atoms with Gasteiger partial charge in [-0.1, -0.05) is 140 Å². The molecule has 4 nitrogen and oxygen atoms in total. The lowest BCUT2D eigenvalue weighted by molar-refractivity contribution is 0.670. The number of nitrogens with zero attached hydrogens (tertiary/aromatic N) is 3. The number of benzene rings is 6. The van der Waals surface area contributed by atoms with Crippen LogP contribution in [0.1, 0.15) is 18.7 Å². The predicted octanol–water partition coefficient (Wildman–Crippen LogP) is 11.8. The molecule has 0 fully saturated rings. The Morgan fingerprint density at radius 1 is 0.429 bits per heavy atom. The largest absolute Gasteiger partial charge is 0.455 e. The van der Waals surface area contributed by atoms with E-state index in [4.69, 9.17) is 19.4 Å². The zero-order valence-electron chi connectivity index (χ0n) is 26.8. The molecule has 0 radical (unpaired) electrons. The van der Waals surface area contributed by atoms with Gasteiger partial charge in [0, 0.05) is 33.0 Å². The van der Waals surface area contributed by atoms with Crippen LogP contribution in [-0.2, 0) is 0 Å². The van der Waals surface area contributed by atoms with E-state index in [0.717, 1.165) is 68.2 Å². The van der Waals surface area contributed by atoms with Crippen molar-refractivity contribution in [3.05, 3.63) is 170 Å². The van der Waals surface area contributed by atoms with E-state index in [-0.39, 0.29) is 0 Å². The molecular formula is C45H31N3O. The van der Waals surface area contributed by atoms with Gasteiger partial charge in [0.25, 0.3) is 0 Å². The third-order valence-electron chi connectivity index (χ3n) is 9.17. The molecule has 2 aromatic heterocycles. The van der Waals surface area contributed by atoms with Crippen LogP contribution in [0.15, 0.2) is 168 Å². The van der Waals surface area contributed by atoms with Gasteiger partial charge in [0.1, 0.15) is 11.2 Å². The lowest BCUT2D eigenvalue weighted by Crippen LogP contribution is -2.03. The number of fused-ring (bicyclic) bond motifs is 3. The van der Waals surface area contributed by atoms with Crippen molar-refractivity contribution in [3.8, 4) is 56.2 Å². The summed E-state index contributed by atoms with van der Waals surface area (Å²) in [5.41, 5.74) is 11.5. The molecule has 1 aliphatic rings. The molecule has 1 aliphatic carbocycles. The van der Waals surface area contributed by atoms with Gasteiger partial charge >= 0.3 is 0 Å². The minimum atomic E-state index is 0.641. The first-order chi connectivity index (χ1) is 24.3. The van der Waals surface area contributed by atoms with Gasteiger partial charge in [-0.3, -0.25) is 0 Å². The Morgan fingerprint density at radius 3 is 1.80 bits per heavy atom. The molecule has 0 aliphatic heterocycles. The average molecular weight is 630 g/mol. The molecule has 6 aromatic carbocycles. The Hall–Kier alpha value is -6.39. The zero-order chi connectivity index (χ0) is 32.6. The number of para-hydroxylation sites is 1. The summed E-state index contributed by atoms with van der Waals surface area (Å²) in [7, 11) is 0. The Kier molecular flexibility index (Phi) is 7.25. The number of hydrogen-bond acceptors (Lipinski definition) is 4. The van der Waals surface area contributed by atoms with Gasteiger partial charge in [0.05, 0.1) is 0 Å². The molecule has 9 rings (SSSR count). The standard InChI is InChI=1S/C45H31N3O/c1-4-12-30(13-5-1)31-22-24-32(25-23-31)35-18-10-19-36(28-35)38-20-11-21-39-40-29-37(26-27-41(40)49-42(38)39)45-47-43(33-14-6-2-7-15-33)46-44(48-45)34-16-8-3-9-17-34/h1-2,4-8,10-29H,3,9H2. The molecule has 0 saturated carbocycles. The van der Waals surface area contributed by atoms with Crippen molar-refractivity contribution in [2.24, 2.45) is 0 Å². The van der Waals surface area contributed by atoms with E-state index in [1.165, 1.54) is 16.7 Å². The molecule has 0 N–H and O–H groups in total. The first-order valence-electron chi connectivity index (χ1n) is 16.7. The molecule has 0 unspecified atom stereocenters. The van der Waals surface area contributed by atoms with Crippen LogP contribution in [0, 0.1) is 0 Å². The van der Waals surface area contributed by atoms with Gasteiger partial charge in [0.2, 0.25) is 0 Å². The SMILES string of the molecule is C1=CC(c2nc(-c3ccccc3)nc(-c3ccc4oc5c(-c6cccc(-c7ccc(-c8ccccc8)cc7)c6)cccc5c4c3)n2)=CCC1. The van der Waals surface area contributed by atoms with Gasteiger partial charge in [-0.05, 0) is 64.9 Å². The monoisotopic (exact) mass is 629 g/mol. The van der Waals surface area contributed by atoms with Crippen molar-refractivity contribution in [2.45, 2.75) is 12.8 Å². The molecule has 49 heavy (non-hydrogen) atoms. The topological polar surface area (TPSA) is 51.8 Å². The highest BCUT2D eigenvalue weighted by molar-refractivity contribution is 6.10. The minimum Gasteiger partial charge on any atom is -0.455 e. The van der Waals surface area contributed by atoms with E-state index in [1.54, 1.807) is 0 Å². The van der Waals surface area contributed by atoms with Crippen LogP contribution < -0.4 is 0 Å². The summed E-state index contributed by atoms with van der Waals surface area (Å²) in [6.45, 7) is 0. The highest BCUT2D eigenvalue weighted by Gasteiger charge is 2.17. The number of allylic oxidation sites excluding steroid dienone is 4. The fourth-order valence-electron chi connectivity index (χ4n) is 6.65. The van der Waals surface area contributed by atoms with E-state index < -0.39 is 0 Å². The van der Waals surface area contributed by atoms with Crippen molar-refractivity contribution in [1.29, 1.82) is 0 Å². The van der Waals surface area contributed by atoms with Crippen molar-refractivity contribution in [2.75, 3.05) is 0 Å². The third-order valence-corrected chi connectivity index (χ3v) is 9.17. The maximum Gasteiger partial charge on any atom is 0.164 e. The summed E-state index contributed by atoms with van der Waals surface area (Å²) in [6.07, 6.45) is 8.51. The highest BCUT2D eigenvalue weighted by atomic mass is 16.3. The van der Waals surface area contributed by atoms with Crippen LogP contribution in [0.3, 0.4) is 0 Å². The Labute approximate surface area is 284 Å². The maximum atomic E-state index is 6.58. The second kappa shape index (κ2) is 12.3. The van der Waals surface area contributed by atoms with E-state index in [9.17, 15) is 0 Å². The summed E-state index contributed by atoms with van der Waals surface area (Å²) in [6, 6.07) is 50.6. The molecule has 8 aromatic rings. The van der Waals surface area contributed by atoms with Crippen molar-refractivity contribution >= 4 is 27.5 Å².